The van der Waals surface area contributed by atoms with Crippen molar-refractivity contribution in [2.45, 2.75) is 12.3 Å². The Morgan fingerprint density at radius 1 is 1.13 bits per heavy atom. The van der Waals surface area contributed by atoms with Gasteiger partial charge in [0.05, 0.1) is 12.1 Å². The van der Waals surface area contributed by atoms with Gasteiger partial charge in [-0.3, -0.25) is 9.59 Å². The van der Waals surface area contributed by atoms with Crippen LogP contribution >= 0.6 is 11.8 Å². The van der Waals surface area contributed by atoms with Gasteiger partial charge in [0.2, 0.25) is 5.12 Å². The van der Waals surface area contributed by atoms with E-state index in [2.05, 4.69) is 5.32 Å². The zero-order chi connectivity index (χ0) is 16.7. The molecule has 0 unspecified atom stereocenters. The lowest BCUT2D eigenvalue weighted by atomic mass is 10.1. The Balaban J connectivity index is 1.88. The summed E-state index contributed by atoms with van der Waals surface area (Å²) in [5.41, 5.74) is 12.8. The van der Waals surface area contributed by atoms with Crippen LogP contribution in [0.25, 0.3) is 0 Å². The van der Waals surface area contributed by atoms with Crippen LogP contribution in [0.4, 0.5) is 0 Å². The molecule has 122 valence electrons. The van der Waals surface area contributed by atoms with Crippen molar-refractivity contribution in [2.75, 3.05) is 13.1 Å². The highest BCUT2D eigenvalue weighted by Crippen LogP contribution is 2.20. The molecular formula is C16H19N3O3S. The van der Waals surface area contributed by atoms with E-state index < -0.39 is 0 Å². The second-order valence-electron chi connectivity index (χ2n) is 4.82. The largest absolute Gasteiger partial charge is 0.467 e. The third-order valence-corrected chi connectivity index (χ3v) is 4.08. The third-order valence-electron chi connectivity index (χ3n) is 3.11. The molecule has 0 aliphatic rings. The Hall–Kier alpha value is -2.09. The Labute approximate surface area is 138 Å². The van der Waals surface area contributed by atoms with Crippen molar-refractivity contribution >= 4 is 22.8 Å². The average molecular weight is 333 g/mol. The maximum Gasteiger partial charge on any atom is 0.251 e. The van der Waals surface area contributed by atoms with E-state index >= 15 is 0 Å². The molecule has 1 aromatic heterocycles. The van der Waals surface area contributed by atoms with E-state index in [1.165, 1.54) is 18.0 Å². The number of rotatable bonds is 7. The summed E-state index contributed by atoms with van der Waals surface area (Å²) < 4.78 is 5.15. The average Bonchev–Trinajstić information content (AvgIpc) is 3.07. The molecule has 0 spiro atoms. The van der Waals surface area contributed by atoms with E-state index in [4.69, 9.17) is 15.9 Å². The van der Waals surface area contributed by atoms with E-state index in [0.717, 1.165) is 5.56 Å². The normalized spacial score (nSPS) is 10.5. The summed E-state index contributed by atoms with van der Waals surface area (Å²) in [6.07, 6.45) is 1.42. The first-order valence-electron chi connectivity index (χ1n) is 7.16. The Morgan fingerprint density at radius 2 is 1.87 bits per heavy atom. The number of carbonyl (C=O) groups is 2. The zero-order valence-corrected chi connectivity index (χ0v) is 13.4. The topological polar surface area (TPSA) is 111 Å². The molecule has 0 atom stereocenters. The van der Waals surface area contributed by atoms with Gasteiger partial charge in [-0.15, -0.1) is 0 Å². The number of carbonyl (C=O) groups excluding carboxylic acids is 2. The minimum Gasteiger partial charge on any atom is -0.467 e. The van der Waals surface area contributed by atoms with Crippen LogP contribution in [0, 0.1) is 0 Å². The highest BCUT2D eigenvalue weighted by molar-refractivity contribution is 8.13. The summed E-state index contributed by atoms with van der Waals surface area (Å²) in [5.74, 6) is 0.951. The molecule has 0 fully saturated rings. The number of hydrogen-bond acceptors (Lipinski definition) is 6. The monoisotopic (exact) mass is 333 g/mol. The van der Waals surface area contributed by atoms with E-state index in [9.17, 15) is 9.59 Å². The first kappa shape index (κ1) is 17.3. The Morgan fingerprint density at radius 3 is 2.48 bits per heavy atom. The number of nitrogens with one attached hydrogen (secondary N) is 1. The van der Waals surface area contributed by atoms with Crippen molar-refractivity contribution < 1.29 is 14.0 Å². The molecule has 0 saturated heterocycles. The molecule has 0 aliphatic carbocycles. The number of furan rings is 1. The van der Waals surface area contributed by atoms with Gasteiger partial charge in [0.15, 0.2) is 0 Å². The number of amides is 1. The van der Waals surface area contributed by atoms with Gasteiger partial charge in [0, 0.05) is 24.4 Å². The number of thioether (sulfide) groups is 1. The zero-order valence-electron chi connectivity index (χ0n) is 12.6. The fraction of sp³-hybridized carbons (Fsp3) is 0.250. The molecule has 0 bridgehead atoms. The van der Waals surface area contributed by atoms with Crippen LogP contribution < -0.4 is 16.8 Å². The quantitative estimate of drug-likeness (QED) is 0.708. The smallest absolute Gasteiger partial charge is 0.251 e. The van der Waals surface area contributed by atoms with Crippen molar-refractivity contribution in [1.29, 1.82) is 0 Å². The predicted molar refractivity (Wildman–Crippen MR) is 90.1 cm³/mol. The molecule has 2 rings (SSSR count). The summed E-state index contributed by atoms with van der Waals surface area (Å²) in [4.78, 5) is 23.8. The lowest BCUT2D eigenvalue weighted by molar-refractivity contribution is 0.0954. The maximum absolute atomic E-state index is 12.0. The van der Waals surface area contributed by atoms with Gasteiger partial charge in [-0.05, 0) is 23.8 Å². The molecule has 23 heavy (non-hydrogen) atoms. The van der Waals surface area contributed by atoms with Crippen molar-refractivity contribution in [1.82, 2.24) is 5.32 Å². The maximum atomic E-state index is 12.0. The second-order valence-corrected chi connectivity index (χ2v) is 5.77. The number of benzene rings is 1. The third kappa shape index (κ3) is 4.95. The molecule has 0 aliphatic heterocycles. The van der Waals surface area contributed by atoms with Gasteiger partial charge in [-0.2, -0.15) is 0 Å². The van der Waals surface area contributed by atoms with Gasteiger partial charge in [0.25, 0.3) is 5.91 Å². The van der Waals surface area contributed by atoms with Crippen LogP contribution in [0.2, 0.25) is 0 Å². The SMILES string of the molecule is NCCNC(=O)c1ccc(CSC(=O)c2coc(CN)c2)cc1. The highest BCUT2D eigenvalue weighted by Gasteiger charge is 2.11. The molecule has 1 amide bonds. The van der Waals surface area contributed by atoms with Crippen molar-refractivity contribution in [3.8, 4) is 0 Å². The standard InChI is InChI=1S/C16H19N3O3S/c17-5-6-19-15(20)12-3-1-11(2-4-12)10-23-16(21)13-7-14(8-18)22-9-13/h1-4,7,9H,5-6,8,10,17-18H2,(H,19,20). The Kier molecular flexibility index (Phi) is 6.40. The van der Waals surface area contributed by atoms with E-state index in [1.807, 2.05) is 12.1 Å². The summed E-state index contributed by atoms with van der Waals surface area (Å²) in [6.45, 7) is 1.12. The second kappa shape index (κ2) is 8.52. The summed E-state index contributed by atoms with van der Waals surface area (Å²) in [6, 6.07) is 8.78. The molecule has 6 nitrogen and oxygen atoms in total. The van der Waals surface area contributed by atoms with E-state index in [-0.39, 0.29) is 17.6 Å². The Bertz CT molecular complexity index is 667. The molecule has 7 heteroatoms. The van der Waals surface area contributed by atoms with Crippen LogP contribution in [0.3, 0.4) is 0 Å². The number of nitrogens with two attached hydrogens (primary N) is 2. The summed E-state index contributed by atoms with van der Waals surface area (Å²) >= 11 is 1.18. The van der Waals surface area contributed by atoms with Gasteiger partial charge < -0.3 is 21.2 Å². The van der Waals surface area contributed by atoms with Gasteiger partial charge in [-0.1, -0.05) is 23.9 Å². The first-order valence-corrected chi connectivity index (χ1v) is 8.14. The summed E-state index contributed by atoms with van der Waals surface area (Å²) in [7, 11) is 0. The molecule has 5 N–H and O–H groups in total. The highest BCUT2D eigenvalue weighted by atomic mass is 32.2. The van der Waals surface area contributed by atoms with E-state index in [1.54, 1.807) is 18.2 Å². The molecule has 0 radical (unpaired) electrons. The number of hydrogen-bond donors (Lipinski definition) is 3. The van der Waals surface area contributed by atoms with E-state index in [0.29, 0.717) is 35.7 Å². The van der Waals surface area contributed by atoms with Crippen LogP contribution in [0.5, 0.6) is 0 Å². The molecule has 0 saturated carbocycles. The van der Waals surface area contributed by atoms with Gasteiger partial charge in [-0.25, -0.2) is 0 Å². The minimum atomic E-state index is -0.154. The lowest BCUT2D eigenvalue weighted by Gasteiger charge is -2.05. The predicted octanol–water partition coefficient (Wildman–Crippen LogP) is 1.50. The fourth-order valence-electron chi connectivity index (χ4n) is 1.87. The molecule has 2 aromatic rings. The first-order chi connectivity index (χ1) is 11.1. The van der Waals surface area contributed by atoms with Crippen LogP contribution in [-0.4, -0.2) is 24.1 Å². The van der Waals surface area contributed by atoms with Gasteiger partial charge >= 0.3 is 0 Å². The summed E-state index contributed by atoms with van der Waals surface area (Å²) in [5, 5.41) is 2.63. The van der Waals surface area contributed by atoms with Crippen molar-refractivity contribution in [3.05, 3.63) is 59.0 Å². The van der Waals surface area contributed by atoms with Crippen molar-refractivity contribution in [2.24, 2.45) is 11.5 Å². The molecule has 1 aromatic carbocycles. The molecular weight excluding hydrogens is 314 g/mol. The minimum absolute atomic E-state index is 0.0711. The van der Waals surface area contributed by atoms with Crippen molar-refractivity contribution in [3.63, 3.8) is 0 Å². The van der Waals surface area contributed by atoms with Crippen LogP contribution in [0.15, 0.2) is 41.0 Å². The van der Waals surface area contributed by atoms with Crippen LogP contribution in [-0.2, 0) is 12.3 Å². The lowest BCUT2D eigenvalue weighted by Crippen LogP contribution is -2.28. The van der Waals surface area contributed by atoms with Crippen LogP contribution in [0.1, 0.15) is 32.0 Å². The molecule has 1 heterocycles. The van der Waals surface area contributed by atoms with Gasteiger partial charge in [0.1, 0.15) is 12.0 Å². The fourth-order valence-corrected chi connectivity index (χ4v) is 2.63.